The smallest absolute Gasteiger partial charge is 0.210 e. The highest BCUT2D eigenvalue weighted by molar-refractivity contribution is 7.25. The minimum atomic E-state index is -0.345. The number of hydrogen-bond donors (Lipinski definition) is 0. The van der Waals surface area contributed by atoms with Crippen molar-refractivity contribution in [2.45, 2.75) is 88.9 Å². The summed E-state index contributed by atoms with van der Waals surface area (Å²) in [5.41, 5.74) is 1.73. The van der Waals surface area contributed by atoms with Crippen molar-refractivity contribution in [2.75, 3.05) is 0 Å². The van der Waals surface area contributed by atoms with Crippen LogP contribution in [0.1, 0.15) is 94.9 Å². The van der Waals surface area contributed by atoms with Crippen LogP contribution in [0.4, 0.5) is 10.3 Å². The molecule has 2 aromatic heterocycles. The summed E-state index contributed by atoms with van der Waals surface area (Å²) in [4.78, 5) is 73.4. The second-order valence-electron chi connectivity index (χ2n) is 12.4. The standard InChI is InChI=1S/C30H30N4O4S2/c35-20-14-8-2-3-9-15(14)21(36)18(20)31-28-33-26-24(39-28)25-27(30(26)12-6-1-7-13-30)34-29(40-25)32-19-22(37)16-10-4-5-11-17(16)23(19)38/h14-17H,1-13H2. The van der Waals surface area contributed by atoms with E-state index in [9.17, 15) is 19.2 Å². The number of hydrogen-bond acceptors (Lipinski definition) is 10. The van der Waals surface area contributed by atoms with E-state index < -0.39 is 0 Å². The third-order valence-corrected chi connectivity index (χ3v) is 12.3. The Balaban J connectivity index is 1.19. The number of fused-ring (bicyclic) bond motifs is 7. The van der Waals surface area contributed by atoms with Crippen LogP contribution in [0.5, 0.6) is 0 Å². The molecule has 6 aliphatic carbocycles. The van der Waals surface area contributed by atoms with E-state index in [1.807, 2.05) is 0 Å². The Morgan fingerprint density at radius 2 is 0.925 bits per heavy atom. The molecule has 0 aliphatic heterocycles. The Hall–Kier alpha value is -2.72. The molecule has 8 nitrogen and oxygen atoms in total. The van der Waals surface area contributed by atoms with E-state index in [2.05, 4.69) is 9.98 Å². The molecule has 40 heavy (non-hydrogen) atoms. The fourth-order valence-corrected chi connectivity index (χ4v) is 10.5. The van der Waals surface area contributed by atoms with E-state index >= 15 is 0 Å². The Morgan fingerprint density at radius 1 is 0.550 bits per heavy atom. The molecule has 0 bridgehead atoms. The SMILES string of the molecule is O=C1C(=Nc2nc3c(s2)-c2sc(N=C4C(=O)C5CCCCC5C4=O)nc2C32CCCCC2)C(=O)C2CCCCC12. The lowest BCUT2D eigenvalue weighted by molar-refractivity contribution is -0.120. The van der Waals surface area contributed by atoms with Crippen molar-refractivity contribution in [2.24, 2.45) is 33.7 Å². The second kappa shape index (κ2) is 9.14. The van der Waals surface area contributed by atoms with E-state index in [0.29, 0.717) is 10.3 Å². The number of rotatable bonds is 2. The molecule has 2 heterocycles. The summed E-state index contributed by atoms with van der Waals surface area (Å²) in [5.74, 6) is -1.29. The van der Waals surface area contributed by atoms with Crippen LogP contribution in [0.3, 0.4) is 0 Å². The lowest BCUT2D eigenvalue weighted by Crippen LogP contribution is -2.29. The average Bonchev–Trinajstić information content (AvgIpc) is 3.75. The first kappa shape index (κ1) is 25.0. The van der Waals surface area contributed by atoms with Crippen molar-refractivity contribution in [1.82, 2.24) is 9.97 Å². The number of aromatic nitrogens is 2. The molecule has 0 amide bonds. The third-order valence-electron chi connectivity index (χ3n) is 10.3. The van der Waals surface area contributed by atoms with Gasteiger partial charge in [-0.2, -0.15) is 0 Å². The molecule has 0 N–H and O–H groups in total. The van der Waals surface area contributed by atoms with Crippen LogP contribution < -0.4 is 0 Å². The number of ketones is 4. The summed E-state index contributed by atoms with van der Waals surface area (Å²) in [6, 6.07) is 0. The summed E-state index contributed by atoms with van der Waals surface area (Å²) < 4.78 is 0. The maximum Gasteiger partial charge on any atom is 0.210 e. The van der Waals surface area contributed by atoms with Crippen molar-refractivity contribution in [3.05, 3.63) is 11.4 Å². The van der Waals surface area contributed by atoms with Gasteiger partial charge >= 0.3 is 0 Å². The zero-order chi connectivity index (χ0) is 27.2. The van der Waals surface area contributed by atoms with Gasteiger partial charge in [-0.15, -0.1) is 0 Å². The molecule has 2 aromatic rings. The highest BCUT2D eigenvalue weighted by Gasteiger charge is 2.52. The van der Waals surface area contributed by atoms with Crippen molar-refractivity contribution < 1.29 is 19.2 Å². The van der Waals surface area contributed by atoms with Crippen molar-refractivity contribution in [3.8, 4) is 9.75 Å². The number of carbonyl (C=O) groups is 4. The quantitative estimate of drug-likeness (QED) is 0.441. The number of nitrogens with zero attached hydrogens (tertiary/aromatic N) is 4. The Kier molecular flexibility index (Phi) is 5.72. The van der Waals surface area contributed by atoms with Gasteiger partial charge in [0.05, 0.1) is 26.6 Å². The Morgan fingerprint density at radius 3 is 1.30 bits per heavy atom. The first-order valence-electron chi connectivity index (χ1n) is 14.8. The average molecular weight is 575 g/mol. The summed E-state index contributed by atoms with van der Waals surface area (Å²) >= 11 is 2.83. The molecule has 10 heteroatoms. The minimum Gasteiger partial charge on any atom is -0.292 e. The van der Waals surface area contributed by atoms with Gasteiger partial charge in [-0.25, -0.2) is 20.0 Å². The van der Waals surface area contributed by atoms with E-state index in [0.717, 1.165) is 105 Å². The van der Waals surface area contributed by atoms with Gasteiger partial charge in [-0.3, -0.25) is 19.2 Å². The maximum absolute atomic E-state index is 13.1. The molecular formula is C30H30N4O4S2. The van der Waals surface area contributed by atoms with E-state index in [4.69, 9.17) is 9.97 Å². The highest BCUT2D eigenvalue weighted by atomic mass is 32.1. The van der Waals surface area contributed by atoms with Gasteiger partial charge in [0, 0.05) is 23.7 Å². The van der Waals surface area contributed by atoms with Crippen molar-refractivity contribution in [3.63, 3.8) is 0 Å². The number of thiazole rings is 2. The molecule has 5 fully saturated rings. The molecular weight excluding hydrogens is 544 g/mol. The predicted octanol–water partition coefficient (Wildman–Crippen LogP) is 5.89. The lowest BCUT2D eigenvalue weighted by atomic mass is 9.72. The maximum atomic E-state index is 13.1. The molecule has 5 saturated carbocycles. The van der Waals surface area contributed by atoms with Crippen LogP contribution in [-0.4, -0.2) is 44.5 Å². The number of aliphatic imine (C=N–C) groups is 2. The zero-order valence-corrected chi connectivity index (χ0v) is 23.9. The van der Waals surface area contributed by atoms with Crippen molar-refractivity contribution in [1.29, 1.82) is 0 Å². The third kappa shape index (κ3) is 3.47. The lowest BCUT2D eigenvalue weighted by Gasteiger charge is -2.32. The van der Waals surface area contributed by atoms with Crippen LogP contribution in [0, 0.1) is 23.7 Å². The Bertz CT molecular complexity index is 1400. The molecule has 0 saturated heterocycles. The van der Waals surface area contributed by atoms with Gasteiger partial charge in [0.2, 0.25) is 10.3 Å². The monoisotopic (exact) mass is 574 g/mol. The minimum absolute atomic E-state index is 0.0818. The van der Waals surface area contributed by atoms with Crippen molar-refractivity contribution >= 4 is 67.5 Å². The van der Waals surface area contributed by atoms with Crippen LogP contribution in [0.25, 0.3) is 9.75 Å². The number of Topliss-reactive ketones (excluding diaryl/α,β-unsaturated/α-hetero) is 4. The number of carbonyl (C=O) groups excluding carboxylic acids is 4. The molecule has 4 unspecified atom stereocenters. The first-order chi connectivity index (χ1) is 19.5. The fraction of sp³-hybridized carbons (Fsp3) is 0.600. The largest absolute Gasteiger partial charge is 0.292 e. The zero-order valence-electron chi connectivity index (χ0n) is 22.2. The molecule has 4 atom stereocenters. The predicted molar refractivity (Wildman–Crippen MR) is 152 cm³/mol. The normalized spacial score (nSPS) is 30.5. The van der Waals surface area contributed by atoms with Gasteiger partial charge in [0.1, 0.15) is 0 Å². The van der Waals surface area contributed by atoms with Crippen LogP contribution in [0.15, 0.2) is 9.98 Å². The van der Waals surface area contributed by atoms with E-state index in [1.165, 1.54) is 22.7 Å². The first-order valence-corrected chi connectivity index (χ1v) is 16.5. The van der Waals surface area contributed by atoms with E-state index in [1.54, 1.807) is 0 Å². The molecule has 0 radical (unpaired) electrons. The second-order valence-corrected chi connectivity index (χ2v) is 14.3. The molecule has 1 spiro atoms. The van der Waals surface area contributed by atoms with Gasteiger partial charge in [-0.1, -0.05) is 67.6 Å². The molecule has 206 valence electrons. The van der Waals surface area contributed by atoms with Crippen LogP contribution in [0.2, 0.25) is 0 Å². The fourth-order valence-electron chi connectivity index (χ4n) is 8.28. The molecule has 0 aromatic carbocycles. The summed E-state index contributed by atoms with van der Waals surface area (Å²) in [6.45, 7) is 0. The highest BCUT2D eigenvalue weighted by Crippen LogP contribution is 2.60. The van der Waals surface area contributed by atoms with Gasteiger partial charge in [0.25, 0.3) is 0 Å². The molecule has 6 aliphatic rings. The summed E-state index contributed by atoms with van der Waals surface area (Å²) in [6.07, 6.45) is 12.1. The van der Waals surface area contributed by atoms with Gasteiger partial charge in [0.15, 0.2) is 34.6 Å². The topological polar surface area (TPSA) is 119 Å². The molecule has 8 rings (SSSR count). The van der Waals surface area contributed by atoms with Gasteiger partial charge < -0.3 is 0 Å². The van der Waals surface area contributed by atoms with Crippen LogP contribution in [-0.2, 0) is 24.6 Å². The summed E-state index contributed by atoms with van der Waals surface area (Å²) in [5, 5.41) is 0.921. The Labute approximate surface area is 239 Å². The van der Waals surface area contributed by atoms with Gasteiger partial charge in [-0.05, 0) is 38.5 Å². The van der Waals surface area contributed by atoms with Crippen LogP contribution >= 0.6 is 22.7 Å². The summed E-state index contributed by atoms with van der Waals surface area (Å²) in [7, 11) is 0. The van der Waals surface area contributed by atoms with E-state index in [-0.39, 0.29) is 63.6 Å².